The van der Waals surface area contributed by atoms with Gasteiger partial charge in [-0.1, -0.05) is 32.9 Å². The van der Waals surface area contributed by atoms with Crippen LogP contribution in [0, 0.1) is 6.07 Å². The second-order valence-electron chi connectivity index (χ2n) is 3.88. The molecule has 13 heavy (non-hydrogen) atoms. The van der Waals surface area contributed by atoms with Crippen LogP contribution in [0.5, 0.6) is 0 Å². The lowest BCUT2D eigenvalue weighted by Crippen LogP contribution is -2.11. The van der Waals surface area contributed by atoms with E-state index in [1.807, 2.05) is 12.1 Å². The van der Waals surface area contributed by atoms with E-state index in [0.717, 1.165) is 5.56 Å². The Morgan fingerprint density at radius 3 is 2.69 bits per heavy atom. The van der Waals surface area contributed by atoms with E-state index in [1.165, 1.54) is 0 Å². The maximum absolute atomic E-state index is 10.1. The Hall–Kier alpha value is -1.40. The Kier molecular flexibility index (Phi) is 2.64. The molecular formula is C11H12NO. The largest absolute Gasteiger partial charge is 0.240 e. The molecule has 0 saturated carbocycles. The molecule has 0 bridgehead atoms. The number of isocyanates is 1. The van der Waals surface area contributed by atoms with Crippen LogP contribution >= 0.6 is 0 Å². The summed E-state index contributed by atoms with van der Waals surface area (Å²) < 4.78 is 0. The predicted octanol–water partition coefficient (Wildman–Crippen LogP) is 2.75. The standard InChI is InChI=1S/C11H12NO/c1-11(2,3)9-6-4-5-7-10(9)12-8-13/h4-5,7H,1-3H3. The summed E-state index contributed by atoms with van der Waals surface area (Å²) >= 11 is 0. The van der Waals surface area contributed by atoms with Crippen LogP contribution in [0.25, 0.3) is 0 Å². The minimum atomic E-state index is -0.0447. The van der Waals surface area contributed by atoms with Crippen molar-refractivity contribution < 1.29 is 4.79 Å². The average Bonchev–Trinajstić information content (AvgIpc) is 2.04. The molecule has 0 aliphatic carbocycles. The Morgan fingerprint density at radius 1 is 1.46 bits per heavy atom. The highest BCUT2D eigenvalue weighted by Crippen LogP contribution is 2.30. The maximum Gasteiger partial charge on any atom is 0.240 e. The molecule has 0 atom stereocenters. The zero-order valence-corrected chi connectivity index (χ0v) is 8.09. The van der Waals surface area contributed by atoms with Crippen molar-refractivity contribution in [2.75, 3.05) is 0 Å². The van der Waals surface area contributed by atoms with Crippen molar-refractivity contribution in [3.63, 3.8) is 0 Å². The van der Waals surface area contributed by atoms with Crippen LogP contribution in [-0.2, 0) is 10.2 Å². The molecule has 0 amide bonds. The van der Waals surface area contributed by atoms with Gasteiger partial charge in [-0.15, -0.1) is 0 Å². The Balaban J connectivity index is 3.27. The molecule has 0 N–H and O–H groups in total. The smallest absolute Gasteiger partial charge is 0.211 e. The van der Waals surface area contributed by atoms with Crippen molar-refractivity contribution in [3.8, 4) is 0 Å². The maximum atomic E-state index is 10.1. The number of aliphatic imine (C=N–C) groups is 1. The number of hydrogen-bond donors (Lipinski definition) is 0. The summed E-state index contributed by atoms with van der Waals surface area (Å²) in [5, 5.41) is 0. The van der Waals surface area contributed by atoms with Gasteiger partial charge in [0.1, 0.15) is 0 Å². The first-order valence-corrected chi connectivity index (χ1v) is 4.15. The van der Waals surface area contributed by atoms with E-state index in [0.29, 0.717) is 5.69 Å². The summed E-state index contributed by atoms with van der Waals surface area (Å²) in [6, 6.07) is 8.52. The molecular weight excluding hydrogens is 162 g/mol. The van der Waals surface area contributed by atoms with E-state index in [4.69, 9.17) is 0 Å². The van der Waals surface area contributed by atoms with E-state index in [1.54, 1.807) is 12.1 Å². The second-order valence-corrected chi connectivity index (χ2v) is 3.88. The Labute approximate surface area is 78.3 Å². The predicted molar refractivity (Wildman–Crippen MR) is 51.8 cm³/mol. The highest BCUT2D eigenvalue weighted by atomic mass is 16.1. The van der Waals surface area contributed by atoms with Crippen molar-refractivity contribution in [1.82, 2.24) is 0 Å². The zero-order chi connectivity index (χ0) is 9.90. The van der Waals surface area contributed by atoms with E-state index < -0.39 is 0 Å². The van der Waals surface area contributed by atoms with Crippen LogP contribution in [0.15, 0.2) is 23.2 Å². The van der Waals surface area contributed by atoms with Gasteiger partial charge in [0.2, 0.25) is 6.08 Å². The van der Waals surface area contributed by atoms with Crippen LogP contribution in [0.4, 0.5) is 5.69 Å². The van der Waals surface area contributed by atoms with E-state index in [-0.39, 0.29) is 5.41 Å². The van der Waals surface area contributed by atoms with Gasteiger partial charge >= 0.3 is 0 Å². The van der Waals surface area contributed by atoms with Gasteiger partial charge in [-0.3, -0.25) is 0 Å². The summed E-state index contributed by atoms with van der Waals surface area (Å²) in [7, 11) is 0. The highest BCUT2D eigenvalue weighted by molar-refractivity contribution is 5.55. The molecule has 0 aliphatic rings. The molecule has 0 heterocycles. The first-order valence-electron chi connectivity index (χ1n) is 4.15. The van der Waals surface area contributed by atoms with E-state index in [2.05, 4.69) is 31.8 Å². The van der Waals surface area contributed by atoms with E-state index >= 15 is 0 Å². The fraction of sp³-hybridized carbons (Fsp3) is 0.364. The quantitative estimate of drug-likeness (QED) is 0.475. The third-order valence-corrected chi connectivity index (χ3v) is 1.75. The number of hydrogen-bond acceptors (Lipinski definition) is 2. The van der Waals surface area contributed by atoms with Gasteiger partial charge in [0.15, 0.2) is 0 Å². The summed E-state index contributed by atoms with van der Waals surface area (Å²) in [5.41, 5.74) is 1.56. The third kappa shape index (κ3) is 2.27. The van der Waals surface area contributed by atoms with Gasteiger partial charge in [0.05, 0.1) is 5.69 Å². The number of rotatable bonds is 1. The van der Waals surface area contributed by atoms with Crippen molar-refractivity contribution in [3.05, 3.63) is 29.8 Å². The molecule has 2 heteroatoms. The highest BCUT2D eigenvalue weighted by Gasteiger charge is 2.17. The number of benzene rings is 1. The molecule has 2 nitrogen and oxygen atoms in total. The molecule has 1 aromatic carbocycles. The zero-order valence-electron chi connectivity index (χ0n) is 8.09. The lowest BCUT2D eigenvalue weighted by molar-refractivity contribution is 0.564. The first-order chi connectivity index (χ1) is 6.05. The van der Waals surface area contributed by atoms with Gasteiger partial charge in [-0.2, -0.15) is 4.99 Å². The normalized spacial score (nSPS) is 10.7. The average molecular weight is 174 g/mol. The lowest BCUT2D eigenvalue weighted by Gasteiger charge is -2.19. The fourth-order valence-corrected chi connectivity index (χ4v) is 1.17. The summed E-state index contributed by atoms with van der Waals surface area (Å²) in [6.07, 6.45) is 1.55. The second kappa shape index (κ2) is 3.55. The summed E-state index contributed by atoms with van der Waals surface area (Å²) in [6.45, 7) is 6.17. The van der Waals surface area contributed by atoms with Crippen LogP contribution in [-0.4, -0.2) is 6.08 Å². The third-order valence-electron chi connectivity index (χ3n) is 1.75. The molecule has 1 rings (SSSR count). The van der Waals surface area contributed by atoms with Crippen LogP contribution in [0.2, 0.25) is 0 Å². The van der Waals surface area contributed by atoms with Crippen LogP contribution < -0.4 is 0 Å². The molecule has 67 valence electrons. The topological polar surface area (TPSA) is 29.4 Å². The van der Waals surface area contributed by atoms with Gasteiger partial charge in [0.25, 0.3) is 0 Å². The van der Waals surface area contributed by atoms with Crippen LogP contribution in [0.1, 0.15) is 26.3 Å². The molecule has 0 fully saturated rings. The van der Waals surface area contributed by atoms with Gasteiger partial charge in [-0.05, 0) is 23.1 Å². The van der Waals surface area contributed by atoms with Crippen molar-refractivity contribution in [1.29, 1.82) is 0 Å². The minimum Gasteiger partial charge on any atom is -0.211 e. The van der Waals surface area contributed by atoms with Gasteiger partial charge in [-0.25, -0.2) is 4.79 Å². The minimum absolute atomic E-state index is 0.0447. The molecule has 0 spiro atoms. The molecule has 0 aliphatic heterocycles. The molecule has 1 radical (unpaired) electrons. The first kappa shape index (κ1) is 9.69. The van der Waals surface area contributed by atoms with Crippen LogP contribution in [0.3, 0.4) is 0 Å². The fourth-order valence-electron chi connectivity index (χ4n) is 1.17. The lowest BCUT2D eigenvalue weighted by atomic mass is 9.86. The van der Waals surface area contributed by atoms with Gasteiger partial charge in [0, 0.05) is 0 Å². The molecule has 0 unspecified atom stereocenters. The summed E-state index contributed by atoms with van der Waals surface area (Å²) in [4.78, 5) is 13.8. The van der Waals surface area contributed by atoms with E-state index in [9.17, 15) is 4.79 Å². The van der Waals surface area contributed by atoms with Gasteiger partial charge < -0.3 is 0 Å². The Bertz CT molecular complexity index is 343. The van der Waals surface area contributed by atoms with Crippen molar-refractivity contribution in [2.45, 2.75) is 26.2 Å². The molecule has 1 aromatic rings. The monoisotopic (exact) mass is 174 g/mol. The SMILES string of the molecule is CC(C)(C)c1[c]cccc1N=C=O. The molecule has 0 saturated heterocycles. The number of carbonyl (C=O) groups excluding carboxylic acids is 1. The molecule has 0 aromatic heterocycles. The van der Waals surface area contributed by atoms with Crippen molar-refractivity contribution in [2.24, 2.45) is 4.99 Å². The summed E-state index contributed by atoms with van der Waals surface area (Å²) in [5.74, 6) is 0. The Morgan fingerprint density at radius 2 is 2.15 bits per heavy atom. The van der Waals surface area contributed by atoms with Crippen molar-refractivity contribution >= 4 is 11.8 Å². The number of nitrogens with zero attached hydrogens (tertiary/aromatic N) is 1.